The highest BCUT2D eigenvalue weighted by atomic mass is 127. The number of rotatable bonds is 8. The van der Waals surface area contributed by atoms with Crippen molar-refractivity contribution < 1.29 is 19.0 Å². The molecule has 0 aliphatic carbocycles. The summed E-state index contributed by atoms with van der Waals surface area (Å²) >= 11 is 2.20. The molecular weight excluding hydrogens is 507 g/mol. The van der Waals surface area contributed by atoms with E-state index >= 15 is 0 Å². The van der Waals surface area contributed by atoms with Gasteiger partial charge >= 0.3 is 0 Å². The van der Waals surface area contributed by atoms with Crippen molar-refractivity contribution in [2.24, 2.45) is 5.10 Å². The fourth-order valence-electron chi connectivity index (χ4n) is 2.85. The molecule has 160 valence electrons. The SMILES string of the molecule is COc1ccc(C(=O)N/N=C\c2cc(I)c(OCc3ccccc3C)c(OC)c2)cc1. The van der Waals surface area contributed by atoms with Crippen molar-refractivity contribution in [3.63, 3.8) is 0 Å². The maximum Gasteiger partial charge on any atom is 0.271 e. The molecule has 0 aliphatic heterocycles. The zero-order valence-corrected chi connectivity index (χ0v) is 19.7. The Bertz CT molecular complexity index is 1080. The Morgan fingerprint density at radius 1 is 1.06 bits per heavy atom. The van der Waals surface area contributed by atoms with Gasteiger partial charge in [-0.1, -0.05) is 24.3 Å². The topological polar surface area (TPSA) is 69.2 Å². The molecule has 0 radical (unpaired) electrons. The number of methoxy groups -OCH3 is 2. The number of halogens is 1. The quantitative estimate of drug-likeness (QED) is 0.254. The fourth-order valence-corrected chi connectivity index (χ4v) is 3.63. The van der Waals surface area contributed by atoms with Gasteiger partial charge in [0.1, 0.15) is 12.4 Å². The number of hydrazone groups is 1. The van der Waals surface area contributed by atoms with Crippen molar-refractivity contribution >= 4 is 34.7 Å². The van der Waals surface area contributed by atoms with E-state index in [4.69, 9.17) is 14.2 Å². The van der Waals surface area contributed by atoms with Crippen LogP contribution in [0.25, 0.3) is 0 Å². The van der Waals surface area contributed by atoms with E-state index < -0.39 is 0 Å². The summed E-state index contributed by atoms with van der Waals surface area (Å²) in [4.78, 5) is 12.2. The highest BCUT2D eigenvalue weighted by molar-refractivity contribution is 14.1. The number of aryl methyl sites for hydroxylation is 1. The standard InChI is InChI=1S/C24H23IN2O4/c1-16-6-4-5-7-19(16)15-31-23-21(25)12-17(13-22(23)30-3)14-26-27-24(28)18-8-10-20(29-2)11-9-18/h4-14H,15H2,1-3H3,(H,27,28)/b26-14-. The number of carbonyl (C=O) groups excluding carboxylic acids is 1. The normalized spacial score (nSPS) is 10.7. The minimum Gasteiger partial charge on any atom is -0.497 e. The number of nitrogens with one attached hydrogen (secondary N) is 1. The van der Waals surface area contributed by atoms with Crippen LogP contribution in [0.3, 0.4) is 0 Å². The molecular formula is C24H23IN2O4. The molecule has 0 aromatic heterocycles. The van der Waals surface area contributed by atoms with Crippen LogP contribution in [0.1, 0.15) is 27.0 Å². The minimum atomic E-state index is -0.307. The molecule has 0 saturated carbocycles. The second-order valence-corrected chi connectivity index (χ2v) is 7.84. The first-order valence-electron chi connectivity index (χ1n) is 9.54. The van der Waals surface area contributed by atoms with Crippen LogP contribution in [0.15, 0.2) is 65.8 Å². The van der Waals surface area contributed by atoms with Crippen LogP contribution in [0.5, 0.6) is 17.2 Å². The number of ether oxygens (including phenoxy) is 3. The largest absolute Gasteiger partial charge is 0.497 e. The van der Waals surface area contributed by atoms with E-state index in [0.717, 1.165) is 14.7 Å². The molecule has 31 heavy (non-hydrogen) atoms. The highest BCUT2D eigenvalue weighted by Gasteiger charge is 2.12. The van der Waals surface area contributed by atoms with Crippen molar-refractivity contribution in [1.82, 2.24) is 5.43 Å². The maximum absolute atomic E-state index is 12.2. The average Bonchev–Trinajstić information content (AvgIpc) is 2.79. The second kappa shape index (κ2) is 10.8. The van der Waals surface area contributed by atoms with Gasteiger partial charge < -0.3 is 14.2 Å². The first-order valence-corrected chi connectivity index (χ1v) is 10.6. The molecule has 0 unspecified atom stereocenters. The van der Waals surface area contributed by atoms with E-state index in [0.29, 0.717) is 29.4 Å². The molecule has 0 spiro atoms. The second-order valence-electron chi connectivity index (χ2n) is 6.68. The third-order valence-corrected chi connectivity index (χ3v) is 5.42. The van der Waals surface area contributed by atoms with Gasteiger partial charge in [-0.2, -0.15) is 5.10 Å². The fraction of sp³-hybridized carbons (Fsp3) is 0.167. The summed E-state index contributed by atoms with van der Waals surface area (Å²) in [6.45, 7) is 2.51. The molecule has 0 atom stereocenters. The summed E-state index contributed by atoms with van der Waals surface area (Å²) in [6.07, 6.45) is 1.57. The molecule has 3 aromatic rings. The summed E-state index contributed by atoms with van der Waals surface area (Å²) in [7, 11) is 3.17. The summed E-state index contributed by atoms with van der Waals surface area (Å²) < 4.78 is 17.5. The zero-order chi connectivity index (χ0) is 22.2. The van der Waals surface area contributed by atoms with Crippen molar-refractivity contribution in [1.29, 1.82) is 0 Å². The van der Waals surface area contributed by atoms with Crippen LogP contribution in [0, 0.1) is 10.5 Å². The minimum absolute atomic E-state index is 0.307. The van der Waals surface area contributed by atoms with Gasteiger partial charge in [-0.15, -0.1) is 0 Å². The number of hydrogen-bond donors (Lipinski definition) is 1. The van der Waals surface area contributed by atoms with Crippen molar-refractivity contribution in [3.8, 4) is 17.2 Å². The van der Waals surface area contributed by atoms with E-state index in [1.54, 1.807) is 44.7 Å². The molecule has 3 rings (SSSR count). The third kappa shape index (κ3) is 5.97. The zero-order valence-electron chi connectivity index (χ0n) is 17.5. The highest BCUT2D eigenvalue weighted by Crippen LogP contribution is 2.34. The molecule has 1 amide bonds. The molecule has 0 aliphatic rings. The van der Waals surface area contributed by atoms with Gasteiger partial charge in [-0.05, 0) is 82.6 Å². The van der Waals surface area contributed by atoms with Gasteiger partial charge in [-0.3, -0.25) is 4.79 Å². The molecule has 6 nitrogen and oxygen atoms in total. The van der Waals surface area contributed by atoms with Gasteiger partial charge in [0.25, 0.3) is 5.91 Å². The van der Waals surface area contributed by atoms with Crippen LogP contribution in [0.2, 0.25) is 0 Å². The van der Waals surface area contributed by atoms with Gasteiger partial charge in [0.05, 0.1) is 24.0 Å². The molecule has 1 N–H and O–H groups in total. The molecule has 0 fully saturated rings. The molecule has 3 aromatic carbocycles. The van der Waals surface area contributed by atoms with Gasteiger partial charge in [0.15, 0.2) is 11.5 Å². The first kappa shape index (κ1) is 22.6. The summed E-state index contributed by atoms with van der Waals surface area (Å²) in [6, 6.07) is 18.6. The summed E-state index contributed by atoms with van der Waals surface area (Å²) in [5, 5.41) is 4.06. The van der Waals surface area contributed by atoms with Gasteiger partial charge in [0.2, 0.25) is 0 Å². The Labute approximate surface area is 195 Å². The smallest absolute Gasteiger partial charge is 0.271 e. The van der Waals surface area contributed by atoms with Crippen LogP contribution < -0.4 is 19.6 Å². The molecule has 0 heterocycles. The van der Waals surface area contributed by atoms with Gasteiger partial charge in [0, 0.05) is 5.56 Å². The molecule has 7 heteroatoms. The Morgan fingerprint density at radius 2 is 1.81 bits per heavy atom. The Kier molecular flexibility index (Phi) is 7.88. The van der Waals surface area contributed by atoms with E-state index in [1.807, 2.05) is 30.3 Å². The van der Waals surface area contributed by atoms with Crippen LogP contribution in [-0.4, -0.2) is 26.3 Å². The molecule has 0 saturated heterocycles. The lowest BCUT2D eigenvalue weighted by atomic mass is 10.1. The number of hydrogen-bond acceptors (Lipinski definition) is 5. The number of amides is 1. The predicted octanol–water partition coefficient (Wildman–Crippen LogP) is 4.96. The van der Waals surface area contributed by atoms with Crippen LogP contribution in [0.4, 0.5) is 0 Å². The predicted molar refractivity (Wildman–Crippen MR) is 129 cm³/mol. The van der Waals surface area contributed by atoms with E-state index in [1.165, 1.54) is 5.56 Å². The van der Waals surface area contributed by atoms with Gasteiger partial charge in [-0.25, -0.2) is 5.43 Å². The van der Waals surface area contributed by atoms with Crippen molar-refractivity contribution in [2.75, 3.05) is 14.2 Å². The van der Waals surface area contributed by atoms with E-state index in [2.05, 4.69) is 46.1 Å². The number of nitrogens with zero attached hydrogens (tertiary/aromatic N) is 1. The average molecular weight is 530 g/mol. The first-order chi connectivity index (χ1) is 15.0. The van der Waals surface area contributed by atoms with Crippen molar-refractivity contribution in [2.45, 2.75) is 13.5 Å². The monoisotopic (exact) mass is 530 g/mol. The summed E-state index contributed by atoms with van der Waals surface area (Å²) in [5.74, 6) is 1.65. The number of carbonyl (C=O) groups is 1. The van der Waals surface area contributed by atoms with E-state index in [-0.39, 0.29) is 5.91 Å². The summed E-state index contributed by atoms with van der Waals surface area (Å²) in [5.41, 5.74) is 6.08. The van der Waals surface area contributed by atoms with E-state index in [9.17, 15) is 4.79 Å². The Hall–Kier alpha value is -3.07. The van der Waals surface area contributed by atoms with Crippen molar-refractivity contribution in [3.05, 3.63) is 86.5 Å². The van der Waals surface area contributed by atoms with Crippen LogP contribution >= 0.6 is 22.6 Å². The molecule has 0 bridgehead atoms. The van der Waals surface area contributed by atoms with Crippen LogP contribution in [-0.2, 0) is 6.61 Å². The Morgan fingerprint density at radius 3 is 2.48 bits per heavy atom. The Balaban J connectivity index is 1.68. The lowest BCUT2D eigenvalue weighted by Gasteiger charge is -2.14. The lowest BCUT2D eigenvalue weighted by molar-refractivity contribution is 0.0955. The maximum atomic E-state index is 12.2. The number of benzene rings is 3. The third-order valence-electron chi connectivity index (χ3n) is 4.62. The lowest BCUT2D eigenvalue weighted by Crippen LogP contribution is -2.17.